The largest absolute Gasteiger partial charge is 0.493 e. The molecule has 2 heterocycles. The van der Waals surface area contributed by atoms with Crippen molar-refractivity contribution in [2.75, 3.05) is 26.4 Å². The van der Waals surface area contributed by atoms with E-state index in [1.807, 2.05) is 6.07 Å². The quantitative estimate of drug-likeness (QED) is 0.889. The maximum Gasteiger partial charge on any atom is 0.124 e. The summed E-state index contributed by atoms with van der Waals surface area (Å²) in [5.74, 6) is 2.23. The molecule has 1 aromatic carbocycles. The molecule has 1 N–H and O–H groups in total. The number of hydrogen-bond donors (Lipinski definition) is 1. The van der Waals surface area contributed by atoms with Crippen LogP contribution >= 0.6 is 0 Å². The van der Waals surface area contributed by atoms with Gasteiger partial charge in [0.2, 0.25) is 0 Å². The van der Waals surface area contributed by atoms with Crippen LogP contribution in [-0.4, -0.2) is 26.4 Å². The number of hydrogen-bond acceptors (Lipinski definition) is 3. The van der Waals surface area contributed by atoms with Gasteiger partial charge in [0, 0.05) is 30.7 Å². The molecule has 1 saturated heterocycles. The Hall–Kier alpha value is -1.06. The molecule has 0 radical (unpaired) electrons. The van der Waals surface area contributed by atoms with Crippen molar-refractivity contribution >= 4 is 0 Å². The van der Waals surface area contributed by atoms with Gasteiger partial charge in [-0.3, -0.25) is 0 Å². The van der Waals surface area contributed by atoms with Gasteiger partial charge in [-0.15, -0.1) is 0 Å². The second kappa shape index (κ2) is 5.29. The first kappa shape index (κ1) is 12.0. The van der Waals surface area contributed by atoms with E-state index in [0.717, 1.165) is 32.1 Å². The maximum absolute atomic E-state index is 5.77. The van der Waals surface area contributed by atoms with Gasteiger partial charge < -0.3 is 14.8 Å². The minimum absolute atomic E-state index is 0.413. The van der Waals surface area contributed by atoms with Crippen LogP contribution in [0.15, 0.2) is 24.3 Å². The summed E-state index contributed by atoms with van der Waals surface area (Å²) in [5.41, 5.74) is 1.30. The first-order valence-electron chi connectivity index (χ1n) is 6.87. The average Bonchev–Trinajstić information content (AvgIpc) is 2.91. The molecule has 98 valence electrons. The van der Waals surface area contributed by atoms with E-state index in [4.69, 9.17) is 9.47 Å². The van der Waals surface area contributed by atoms with Crippen molar-refractivity contribution in [3.63, 3.8) is 0 Å². The summed E-state index contributed by atoms with van der Waals surface area (Å²) >= 11 is 0. The molecule has 0 saturated carbocycles. The summed E-state index contributed by atoms with van der Waals surface area (Å²) in [6.07, 6.45) is 1.19. The SMILES string of the molecule is CC1COc2ccccc2C1NCC1CCOC1. The summed E-state index contributed by atoms with van der Waals surface area (Å²) < 4.78 is 11.2. The third-order valence-electron chi connectivity index (χ3n) is 3.98. The Morgan fingerprint density at radius 3 is 3.00 bits per heavy atom. The van der Waals surface area contributed by atoms with Crippen LogP contribution in [0.3, 0.4) is 0 Å². The normalized spacial score (nSPS) is 30.8. The first-order chi connectivity index (χ1) is 8.84. The highest BCUT2D eigenvalue weighted by Gasteiger charge is 2.28. The third-order valence-corrected chi connectivity index (χ3v) is 3.98. The van der Waals surface area contributed by atoms with Crippen molar-refractivity contribution in [1.82, 2.24) is 5.32 Å². The molecule has 3 atom stereocenters. The number of benzene rings is 1. The molecule has 18 heavy (non-hydrogen) atoms. The second-order valence-electron chi connectivity index (χ2n) is 5.44. The Balaban J connectivity index is 1.69. The maximum atomic E-state index is 5.77. The van der Waals surface area contributed by atoms with E-state index < -0.39 is 0 Å². The van der Waals surface area contributed by atoms with Crippen molar-refractivity contribution in [3.05, 3.63) is 29.8 Å². The lowest BCUT2D eigenvalue weighted by Crippen LogP contribution is -2.36. The molecule has 3 heteroatoms. The molecular weight excluding hydrogens is 226 g/mol. The van der Waals surface area contributed by atoms with E-state index >= 15 is 0 Å². The van der Waals surface area contributed by atoms with Gasteiger partial charge in [-0.1, -0.05) is 25.1 Å². The number of ether oxygens (including phenoxy) is 2. The van der Waals surface area contributed by atoms with Crippen molar-refractivity contribution in [3.8, 4) is 5.75 Å². The van der Waals surface area contributed by atoms with E-state index in [0.29, 0.717) is 17.9 Å². The fraction of sp³-hybridized carbons (Fsp3) is 0.600. The van der Waals surface area contributed by atoms with Gasteiger partial charge in [0.15, 0.2) is 0 Å². The topological polar surface area (TPSA) is 30.5 Å². The molecule has 0 aromatic heterocycles. The van der Waals surface area contributed by atoms with E-state index in [1.54, 1.807) is 0 Å². The van der Waals surface area contributed by atoms with E-state index in [9.17, 15) is 0 Å². The fourth-order valence-corrected chi connectivity index (χ4v) is 2.84. The van der Waals surface area contributed by atoms with Gasteiger partial charge in [0.1, 0.15) is 5.75 Å². The van der Waals surface area contributed by atoms with Gasteiger partial charge in [-0.25, -0.2) is 0 Å². The second-order valence-corrected chi connectivity index (χ2v) is 5.44. The predicted molar refractivity (Wildman–Crippen MR) is 70.8 cm³/mol. The molecule has 3 unspecified atom stereocenters. The van der Waals surface area contributed by atoms with Crippen LogP contribution in [0.4, 0.5) is 0 Å². The van der Waals surface area contributed by atoms with Gasteiger partial charge in [-0.2, -0.15) is 0 Å². The molecule has 3 nitrogen and oxygen atoms in total. The van der Waals surface area contributed by atoms with E-state index in [2.05, 4.69) is 30.4 Å². The van der Waals surface area contributed by atoms with E-state index in [1.165, 1.54) is 12.0 Å². The number of nitrogens with one attached hydrogen (secondary N) is 1. The Kier molecular flexibility index (Phi) is 3.52. The number of para-hydroxylation sites is 1. The summed E-state index contributed by atoms with van der Waals surface area (Å²) in [4.78, 5) is 0. The average molecular weight is 247 g/mol. The van der Waals surface area contributed by atoms with Crippen molar-refractivity contribution < 1.29 is 9.47 Å². The zero-order valence-electron chi connectivity index (χ0n) is 10.9. The van der Waals surface area contributed by atoms with Crippen LogP contribution in [0.25, 0.3) is 0 Å². The summed E-state index contributed by atoms with van der Waals surface area (Å²) in [5, 5.41) is 3.71. The first-order valence-corrected chi connectivity index (χ1v) is 6.87. The van der Waals surface area contributed by atoms with Crippen LogP contribution in [0, 0.1) is 11.8 Å². The smallest absolute Gasteiger partial charge is 0.124 e. The van der Waals surface area contributed by atoms with Crippen LogP contribution in [0.5, 0.6) is 5.75 Å². The minimum atomic E-state index is 0.413. The third kappa shape index (κ3) is 2.38. The zero-order chi connectivity index (χ0) is 12.4. The van der Waals surface area contributed by atoms with Crippen molar-refractivity contribution in [2.24, 2.45) is 11.8 Å². The Bertz CT molecular complexity index is 401. The molecule has 1 fully saturated rings. The fourth-order valence-electron chi connectivity index (χ4n) is 2.84. The molecular formula is C15H21NO2. The van der Waals surface area contributed by atoms with E-state index in [-0.39, 0.29) is 0 Å². The molecule has 3 rings (SSSR count). The molecule has 0 amide bonds. The van der Waals surface area contributed by atoms with Gasteiger partial charge >= 0.3 is 0 Å². The van der Waals surface area contributed by atoms with Crippen molar-refractivity contribution in [2.45, 2.75) is 19.4 Å². The lowest BCUT2D eigenvalue weighted by atomic mass is 9.91. The Labute approximate surface area is 108 Å². The summed E-state index contributed by atoms with van der Waals surface area (Å²) in [6.45, 7) is 5.93. The highest BCUT2D eigenvalue weighted by Crippen LogP contribution is 2.35. The van der Waals surface area contributed by atoms with Crippen LogP contribution in [-0.2, 0) is 4.74 Å². The summed E-state index contributed by atoms with van der Waals surface area (Å²) in [7, 11) is 0. The van der Waals surface area contributed by atoms with Crippen LogP contribution in [0.2, 0.25) is 0 Å². The van der Waals surface area contributed by atoms with Gasteiger partial charge in [0.05, 0.1) is 13.2 Å². The monoisotopic (exact) mass is 247 g/mol. The van der Waals surface area contributed by atoms with Gasteiger partial charge in [0.25, 0.3) is 0 Å². The number of rotatable bonds is 3. The van der Waals surface area contributed by atoms with Crippen molar-refractivity contribution in [1.29, 1.82) is 0 Å². The molecule has 1 aromatic rings. The standard InChI is InChI=1S/C15H21NO2/c1-11-9-18-14-5-3-2-4-13(14)15(11)16-8-12-6-7-17-10-12/h2-5,11-12,15-16H,6-10H2,1H3. The predicted octanol–water partition coefficient (Wildman–Crippen LogP) is 2.38. The Morgan fingerprint density at radius 2 is 2.17 bits per heavy atom. The molecule has 2 aliphatic rings. The van der Waals surface area contributed by atoms with Crippen LogP contribution < -0.4 is 10.1 Å². The lowest BCUT2D eigenvalue weighted by molar-refractivity contribution is 0.172. The number of fused-ring (bicyclic) bond motifs is 1. The molecule has 0 aliphatic carbocycles. The lowest BCUT2D eigenvalue weighted by Gasteiger charge is -2.32. The summed E-state index contributed by atoms with van der Waals surface area (Å²) in [6, 6.07) is 8.78. The zero-order valence-corrected chi connectivity index (χ0v) is 10.9. The molecule has 0 bridgehead atoms. The molecule has 0 spiro atoms. The van der Waals surface area contributed by atoms with Gasteiger partial charge in [-0.05, 0) is 18.4 Å². The molecule has 2 aliphatic heterocycles. The highest BCUT2D eigenvalue weighted by molar-refractivity contribution is 5.37. The highest BCUT2D eigenvalue weighted by atomic mass is 16.5. The Morgan fingerprint density at radius 1 is 1.28 bits per heavy atom. The van der Waals surface area contributed by atoms with Crippen LogP contribution in [0.1, 0.15) is 24.9 Å². The minimum Gasteiger partial charge on any atom is -0.493 e.